The van der Waals surface area contributed by atoms with Crippen molar-refractivity contribution in [3.63, 3.8) is 0 Å². The van der Waals surface area contributed by atoms with E-state index in [2.05, 4.69) is 114 Å². The van der Waals surface area contributed by atoms with E-state index in [1.807, 2.05) is 11.3 Å². The number of rotatable bonds is 4. The maximum absolute atomic E-state index is 2.67. The number of hydrogen-bond acceptors (Lipinski definition) is 2. The van der Waals surface area contributed by atoms with E-state index >= 15 is 0 Å². The van der Waals surface area contributed by atoms with Crippen molar-refractivity contribution >= 4 is 11.3 Å². The van der Waals surface area contributed by atoms with E-state index in [4.69, 9.17) is 0 Å². The lowest BCUT2D eigenvalue weighted by molar-refractivity contribution is 0.118. The lowest BCUT2D eigenvalue weighted by atomic mass is 9.75. The molecule has 0 amide bonds. The normalized spacial score (nSPS) is 16.8. The third-order valence-electron chi connectivity index (χ3n) is 6.02. The van der Waals surface area contributed by atoms with Crippen molar-refractivity contribution in [2.24, 2.45) is 0 Å². The first kappa shape index (κ1) is 17.4. The molecule has 2 heteroatoms. The zero-order valence-electron chi connectivity index (χ0n) is 16.0. The Morgan fingerprint density at radius 2 is 1.18 bits per heavy atom. The smallest absolute Gasteiger partial charge is 0.0981 e. The molecule has 0 radical (unpaired) electrons. The van der Waals surface area contributed by atoms with Crippen LogP contribution in [0.3, 0.4) is 0 Å². The van der Waals surface area contributed by atoms with E-state index in [-0.39, 0.29) is 5.54 Å². The van der Waals surface area contributed by atoms with Gasteiger partial charge < -0.3 is 0 Å². The maximum Gasteiger partial charge on any atom is 0.0981 e. The van der Waals surface area contributed by atoms with Crippen molar-refractivity contribution in [3.8, 4) is 0 Å². The first-order valence-electron chi connectivity index (χ1n) is 9.81. The highest BCUT2D eigenvalue weighted by molar-refractivity contribution is 7.10. The second-order valence-corrected chi connectivity index (χ2v) is 8.41. The molecule has 1 aliphatic rings. The molecule has 3 aromatic carbocycles. The molecule has 5 rings (SSSR count). The molecule has 1 aliphatic heterocycles. The van der Waals surface area contributed by atoms with Crippen LogP contribution in [0.5, 0.6) is 0 Å². The van der Waals surface area contributed by atoms with Crippen LogP contribution in [-0.2, 0) is 12.1 Å². The molecule has 0 fully saturated rings. The van der Waals surface area contributed by atoms with Gasteiger partial charge in [0, 0.05) is 17.5 Å². The van der Waals surface area contributed by atoms with Crippen LogP contribution in [-0.4, -0.2) is 4.90 Å². The Kier molecular flexibility index (Phi) is 4.38. The van der Waals surface area contributed by atoms with Gasteiger partial charge in [-0.2, -0.15) is 0 Å². The molecule has 0 aliphatic carbocycles. The molecule has 1 atom stereocenters. The number of hydrogen-bond donors (Lipinski definition) is 0. The predicted molar refractivity (Wildman–Crippen MR) is 117 cm³/mol. The van der Waals surface area contributed by atoms with E-state index in [9.17, 15) is 0 Å². The van der Waals surface area contributed by atoms with Crippen LogP contribution in [0.1, 0.15) is 40.1 Å². The fourth-order valence-electron chi connectivity index (χ4n) is 4.76. The number of fused-ring (bicyclic) bond motifs is 1. The number of nitrogens with zero attached hydrogens (tertiary/aromatic N) is 1. The largest absolute Gasteiger partial charge is 0.274 e. The predicted octanol–water partition coefficient (Wildman–Crippen LogP) is 6.62. The van der Waals surface area contributed by atoms with Gasteiger partial charge in [-0.1, -0.05) is 91.0 Å². The minimum absolute atomic E-state index is 0.331. The molecule has 0 spiro atoms. The molecule has 0 N–H and O–H groups in total. The third-order valence-corrected chi connectivity index (χ3v) is 6.94. The lowest BCUT2D eigenvalue weighted by Gasteiger charge is -2.46. The SMILES string of the molecule is CC1c2ccsc2CN1C(c1ccccc1)(c1ccccc1)c1ccccc1. The average molecular weight is 382 g/mol. The van der Waals surface area contributed by atoms with Crippen molar-refractivity contribution in [3.05, 3.63) is 130 Å². The van der Waals surface area contributed by atoms with Crippen molar-refractivity contribution in [2.75, 3.05) is 0 Å². The fraction of sp³-hybridized carbons (Fsp3) is 0.154. The van der Waals surface area contributed by atoms with Gasteiger partial charge in [-0.3, -0.25) is 4.90 Å². The Labute approximate surface area is 170 Å². The van der Waals surface area contributed by atoms with Crippen LogP contribution in [0.2, 0.25) is 0 Å². The van der Waals surface area contributed by atoms with Crippen molar-refractivity contribution < 1.29 is 0 Å². The fourth-order valence-corrected chi connectivity index (χ4v) is 5.72. The van der Waals surface area contributed by atoms with Crippen LogP contribution in [0, 0.1) is 0 Å². The molecule has 1 nitrogen and oxygen atoms in total. The summed E-state index contributed by atoms with van der Waals surface area (Å²) in [7, 11) is 0. The zero-order chi connectivity index (χ0) is 19.0. The quantitative estimate of drug-likeness (QED) is 0.359. The molecule has 138 valence electrons. The molecule has 0 bridgehead atoms. The topological polar surface area (TPSA) is 3.24 Å². The van der Waals surface area contributed by atoms with Crippen molar-refractivity contribution in [1.82, 2.24) is 4.90 Å². The maximum atomic E-state index is 2.67. The van der Waals surface area contributed by atoms with Gasteiger partial charge in [-0.25, -0.2) is 0 Å². The molecule has 0 saturated carbocycles. The second kappa shape index (κ2) is 7.05. The third kappa shape index (κ3) is 2.56. The minimum atomic E-state index is -0.331. The summed E-state index contributed by atoms with van der Waals surface area (Å²) in [5.74, 6) is 0. The van der Waals surface area contributed by atoms with E-state index in [1.165, 1.54) is 27.1 Å². The van der Waals surface area contributed by atoms with Crippen LogP contribution < -0.4 is 0 Å². The zero-order valence-corrected chi connectivity index (χ0v) is 16.8. The van der Waals surface area contributed by atoms with Crippen molar-refractivity contribution in [1.29, 1.82) is 0 Å². The van der Waals surface area contributed by atoms with Crippen LogP contribution in [0.15, 0.2) is 102 Å². The monoisotopic (exact) mass is 381 g/mol. The highest BCUT2D eigenvalue weighted by atomic mass is 32.1. The Bertz CT molecular complexity index is 957. The molecule has 2 heterocycles. The minimum Gasteiger partial charge on any atom is -0.274 e. The summed E-state index contributed by atoms with van der Waals surface area (Å²) in [6.07, 6.45) is 0. The van der Waals surface area contributed by atoms with Gasteiger partial charge in [-0.05, 0) is 40.6 Å². The summed E-state index contributed by atoms with van der Waals surface area (Å²) in [4.78, 5) is 4.16. The number of thiophene rings is 1. The highest BCUT2D eigenvalue weighted by Crippen LogP contribution is 2.51. The van der Waals surface area contributed by atoms with Gasteiger partial charge in [0.2, 0.25) is 0 Å². The summed E-state index contributed by atoms with van der Waals surface area (Å²) in [6.45, 7) is 3.31. The molecular formula is C26H23NS. The summed E-state index contributed by atoms with van der Waals surface area (Å²) < 4.78 is 0. The van der Waals surface area contributed by atoms with Gasteiger partial charge in [0.25, 0.3) is 0 Å². The van der Waals surface area contributed by atoms with Crippen molar-refractivity contribution in [2.45, 2.75) is 25.0 Å². The van der Waals surface area contributed by atoms with E-state index in [1.54, 1.807) is 0 Å². The molecule has 4 aromatic rings. The standard InChI is InChI=1S/C26H23NS/c1-20-24-17-18-28-25(24)19-27(20)26(21-11-5-2-6-12-21,22-13-7-3-8-14-22)23-15-9-4-10-16-23/h2-18,20H,19H2,1H3. The van der Waals surface area contributed by atoms with Crippen LogP contribution >= 0.6 is 11.3 Å². The Hall–Kier alpha value is -2.68. The molecule has 1 unspecified atom stereocenters. The number of benzene rings is 3. The molecule has 28 heavy (non-hydrogen) atoms. The summed E-state index contributed by atoms with van der Waals surface area (Å²) in [5.41, 5.74) is 5.08. The Balaban J connectivity index is 1.82. The molecule has 0 saturated heterocycles. The van der Waals surface area contributed by atoms with Crippen LogP contribution in [0.25, 0.3) is 0 Å². The Morgan fingerprint density at radius 3 is 1.61 bits per heavy atom. The summed E-state index contributed by atoms with van der Waals surface area (Å²) >= 11 is 1.88. The summed E-state index contributed by atoms with van der Waals surface area (Å²) in [5, 5.41) is 2.23. The molecule has 1 aromatic heterocycles. The average Bonchev–Trinajstić information content (AvgIpc) is 3.35. The van der Waals surface area contributed by atoms with Gasteiger partial charge in [0.05, 0.1) is 5.54 Å². The lowest BCUT2D eigenvalue weighted by Crippen LogP contribution is -2.46. The highest BCUT2D eigenvalue weighted by Gasteiger charge is 2.47. The summed E-state index contributed by atoms with van der Waals surface area (Å²) in [6, 6.07) is 35.6. The Morgan fingerprint density at radius 1 is 0.714 bits per heavy atom. The van der Waals surface area contributed by atoms with Crippen LogP contribution in [0.4, 0.5) is 0 Å². The van der Waals surface area contributed by atoms with Gasteiger partial charge in [0.15, 0.2) is 0 Å². The van der Waals surface area contributed by atoms with E-state index in [0.29, 0.717) is 6.04 Å². The first-order valence-corrected chi connectivity index (χ1v) is 10.7. The molecular weight excluding hydrogens is 358 g/mol. The first-order chi connectivity index (χ1) is 13.8. The van der Waals surface area contributed by atoms with Gasteiger partial charge >= 0.3 is 0 Å². The van der Waals surface area contributed by atoms with Gasteiger partial charge in [0.1, 0.15) is 0 Å². The van der Waals surface area contributed by atoms with E-state index in [0.717, 1.165) is 6.54 Å². The van der Waals surface area contributed by atoms with Gasteiger partial charge in [-0.15, -0.1) is 11.3 Å². The van der Waals surface area contributed by atoms with E-state index < -0.39 is 0 Å². The second-order valence-electron chi connectivity index (χ2n) is 7.41.